The molecule has 1 aromatic carbocycles. The van der Waals surface area contributed by atoms with E-state index in [1.807, 2.05) is 17.1 Å². The van der Waals surface area contributed by atoms with Crippen molar-refractivity contribution in [2.75, 3.05) is 24.1 Å². The third-order valence-electron chi connectivity index (χ3n) is 2.82. The zero-order valence-electron chi connectivity index (χ0n) is 10.6. The average Bonchev–Trinajstić information content (AvgIpc) is 2.33. The van der Waals surface area contributed by atoms with Gasteiger partial charge in [-0.05, 0) is 25.0 Å². The molecule has 0 bridgehead atoms. The smallest absolute Gasteiger partial charge is 0.333 e. The van der Waals surface area contributed by atoms with Gasteiger partial charge in [0.25, 0.3) is 0 Å². The Hall–Kier alpha value is -1.17. The zero-order valence-corrected chi connectivity index (χ0v) is 12.2. The first-order valence-electron chi connectivity index (χ1n) is 5.93. The van der Waals surface area contributed by atoms with Crippen LogP contribution in [0.4, 0.5) is 16.2 Å². The molecule has 19 heavy (non-hydrogen) atoms. The number of nitrogens with two attached hydrogens (primary N) is 1. The lowest BCUT2D eigenvalue weighted by atomic mass is 10.2. The van der Waals surface area contributed by atoms with E-state index in [1.165, 1.54) is 6.42 Å². The maximum Gasteiger partial charge on any atom is 0.333 e. The number of hydrogen-bond acceptors (Lipinski definition) is 3. The van der Waals surface area contributed by atoms with Crippen LogP contribution in [0.25, 0.3) is 0 Å². The Labute approximate surface area is 125 Å². The highest BCUT2D eigenvalue weighted by molar-refractivity contribution is 5.92. The van der Waals surface area contributed by atoms with E-state index in [0.717, 1.165) is 25.9 Å². The average molecular weight is 307 g/mol. The maximum atomic E-state index is 11.7. The zero-order chi connectivity index (χ0) is 12.1. The molecule has 1 fully saturated rings. The van der Waals surface area contributed by atoms with Crippen molar-refractivity contribution < 1.29 is 4.79 Å². The number of benzene rings is 1. The molecule has 1 heterocycles. The number of halogens is 2. The number of nitrogens with one attached hydrogen (secondary N) is 2. The molecule has 0 atom stereocenters. The number of carbonyl (C=O) groups is 1. The summed E-state index contributed by atoms with van der Waals surface area (Å²) in [5.41, 5.74) is 9.78. The summed E-state index contributed by atoms with van der Waals surface area (Å²) in [7, 11) is 0. The van der Waals surface area contributed by atoms with Gasteiger partial charge in [0, 0.05) is 13.1 Å². The van der Waals surface area contributed by atoms with E-state index >= 15 is 0 Å². The van der Waals surface area contributed by atoms with E-state index in [-0.39, 0.29) is 30.8 Å². The Morgan fingerprint density at radius 1 is 1.11 bits per heavy atom. The first-order valence-corrected chi connectivity index (χ1v) is 5.93. The van der Waals surface area contributed by atoms with Crippen LogP contribution in [0.15, 0.2) is 24.3 Å². The molecule has 1 saturated heterocycles. The largest absolute Gasteiger partial charge is 0.397 e. The first kappa shape index (κ1) is 17.8. The van der Waals surface area contributed by atoms with Gasteiger partial charge in [-0.1, -0.05) is 18.6 Å². The van der Waals surface area contributed by atoms with Crippen molar-refractivity contribution in [3.8, 4) is 0 Å². The minimum Gasteiger partial charge on any atom is -0.397 e. The number of urea groups is 1. The summed E-state index contributed by atoms with van der Waals surface area (Å²) in [4.78, 5) is 11.7. The Kier molecular flexibility index (Phi) is 8.30. The van der Waals surface area contributed by atoms with E-state index in [0.29, 0.717) is 11.4 Å². The standard InChI is InChI=1S/C12H18N4O.2ClH/c13-10-6-2-3-7-11(10)14-12(17)15-16-8-4-1-5-9-16;;/h2-3,6-7H,1,4-5,8-9,13H2,(H2,14,15,17);2*1H. The Morgan fingerprint density at radius 2 is 1.74 bits per heavy atom. The predicted molar refractivity (Wildman–Crippen MR) is 82.9 cm³/mol. The van der Waals surface area contributed by atoms with Crippen molar-refractivity contribution >= 4 is 42.2 Å². The fourth-order valence-electron chi connectivity index (χ4n) is 1.91. The van der Waals surface area contributed by atoms with Gasteiger partial charge >= 0.3 is 6.03 Å². The van der Waals surface area contributed by atoms with Crippen molar-refractivity contribution in [3.05, 3.63) is 24.3 Å². The number of amides is 2. The lowest BCUT2D eigenvalue weighted by Crippen LogP contribution is -2.46. The molecule has 7 heteroatoms. The van der Waals surface area contributed by atoms with Gasteiger partial charge in [-0.2, -0.15) is 0 Å². The molecule has 1 aliphatic rings. The number of nitrogens with zero attached hydrogens (tertiary/aromatic N) is 1. The molecule has 2 amide bonds. The summed E-state index contributed by atoms with van der Waals surface area (Å²) in [6, 6.07) is 6.99. The SMILES string of the molecule is Cl.Cl.Nc1ccccc1NC(=O)NN1CCCCC1. The first-order chi connectivity index (χ1) is 8.25. The molecular formula is C12H20Cl2N4O. The number of hydrogen-bond donors (Lipinski definition) is 3. The van der Waals surface area contributed by atoms with Crippen LogP contribution in [0, 0.1) is 0 Å². The van der Waals surface area contributed by atoms with Crippen LogP contribution in [0.3, 0.4) is 0 Å². The normalized spacial score (nSPS) is 14.7. The van der Waals surface area contributed by atoms with Gasteiger partial charge in [0.1, 0.15) is 0 Å². The summed E-state index contributed by atoms with van der Waals surface area (Å²) in [5, 5.41) is 4.68. The van der Waals surface area contributed by atoms with Crippen LogP contribution in [-0.2, 0) is 0 Å². The molecule has 4 N–H and O–H groups in total. The Bertz CT molecular complexity index is 397. The van der Waals surface area contributed by atoms with Gasteiger partial charge in [0.15, 0.2) is 0 Å². The molecule has 1 aromatic rings. The fraction of sp³-hybridized carbons (Fsp3) is 0.417. The van der Waals surface area contributed by atoms with E-state index < -0.39 is 0 Å². The number of hydrazine groups is 1. The lowest BCUT2D eigenvalue weighted by molar-refractivity contribution is 0.162. The topological polar surface area (TPSA) is 70.4 Å². The highest BCUT2D eigenvalue weighted by Gasteiger charge is 2.12. The van der Waals surface area contributed by atoms with Crippen molar-refractivity contribution in [1.29, 1.82) is 0 Å². The molecule has 0 radical (unpaired) electrons. The van der Waals surface area contributed by atoms with Crippen LogP contribution >= 0.6 is 24.8 Å². The summed E-state index contributed by atoms with van der Waals surface area (Å²) in [5.74, 6) is 0. The molecule has 0 aromatic heterocycles. The number of rotatable bonds is 2. The van der Waals surface area contributed by atoms with Gasteiger partial charge in [0.05, 0.1) is 11.4 Å². The number of piperidine rings is 1. The Morgan fingerprint density at radius 3 is 2.37 bits per heavy atom. The van der Waals surface area contributed by atoms with Crippen molar-refractivity contribution in [1.82, 2.24) is 10.4 Å². The monoisotopic (exact) mass is 306 g/mol. The van der Waals surface area contributed by atoms with Gasteiger partial charge in [0.2, 0.25) is 0 Å². The lowest BCUT2D eigenvalue weighted by Gasteiger charge is -2.26. The second-order valence-electron chi connectivity index (χ2n) is 4.20. The highest BCUT2D eigenvalue weighted by atomic mass is 35.5. The Balaban J connectivity index is 0.00000162. The third-order valence-corrected chi connectivity index (χ3v) is 2.82. The summed E-state index contributed by atoms with van der Waals surface area (Å²) in [6.07, 6.45) is 3.51. The molecule has 0 spiro atoms. The molecular weight excluding hydrogens is 287 g/mol. The van der Waals surface area contributed by atoms with Crippen molar-refractivity contribution in [3.63, 3.8) is 0 Å². The minimum atomic E-state index is -0.232. The second-order valence-corrected chi connectivity index (χ2v) is 4.20. The number of anilines is 2. The summed E-state index contributed by atoms with van der Waals surface area (Å²) in [6.45, 7) is 1.83. The van der Waals surface area contributed by atoms with Crippen molar-refractivity contribution in [2.24, 2.45) is 0 Å². The molecule has 0 saturated carbocycles. The second kappa shape index (κ2) is 8.85. The maximum absolute atomic E-state index is 11.7. The van der Waals surface area contributed by atoms with Gasteiger partial charge in [-0.25, -0.2) is 9.80 Å². The summed E-state index contributed by atoms with van der Waals surface area (Å²) >= 11 is 0. The van der Waals surface area contributed by atoms with Crippen LogP contribution < -0.4 is 16.5 Å². The van der Waals surface area contributed by atoms with Gasteiger partial charge in [-0.3, -0.25) is 5.43 Å². The molecule has 2 rings (SSSR count). The van der Waals surface area contributed by atoms with Crippen LogP contribution in [0.2, 0.25) is 0 Å². The van der Waals surface area contributed by atoms with Gasteiger partial charge < -0.3 is 11.1 Å². The number of para-hydroxylation sites is 2. The fourth-order valence-corrected chi connectivity index (χ4v) is 1.91. The molecule has 5 nitrogen and oxygen atoms in total. The molecule has 1 aliphatic heterocycles. The quantitative estimate of drug-likeness (QED) is 0.736. The molecule has 0 aliphatic carbocycles. The highest BCUT2D eigenvalue weighted by Crippen LogP contribution is 2.16. The molecule has 108 valence electrons. The molecule has 0 unspecified atom stereocenters. The minimum absolute atomic E-state index is 0. The van der Waals surface area contributed by atoms with Gasteiger partial charge in [-0.15, -0.1) is 24.8 Å². The van der Waals surface area contributed by atoms with Crippen LogP contribution in [-0.4, -0.2) is 24.1 Å². The van der Waals surface area contributed by atoms with E-state index in [4.69, 9.17) is 5.73 Å². The predicted octanol–water partition coefficient (Wildman–Crippen LogP) is 2.63. The number of nitrogen functional groups attached to an aromatic ring is 1. The number of carbonyl (C=O) groups excluding carboxylic acids is 1. The third kappa shape index (κ3) is 5.55. The van der Waals surface area contributed by atoms with Crippen molar-refractivity contribution in [2.45, 2.75) is 19.3 Å². The van der Waals surface area contributed by atoms with Crippen LogP contribution in [0.1, 0.15) is 19.3 Å². The van der Waals surface area contributed by atoms with E-state index in [2.05, 4.69) is 10.7 Å². The summed E-state index contributed by atoms with van der Waals surface area (Å²) < 4.78 is 0. The van der Waals surface area contributed by atoms with E-state index in [1.54, 1.807) is 12.1 Å². The van der Waals surface area contributed by atoms with E-state index in [9.17, 15) is 4.79 Å². The van der Waals surface area contributed by atoms with Crippen LogP contribution in [0.5, 0.6) is 0 Å².